The third kappa shape index (κ3) is 7.31. The van der Waals surface area contributed by atoms with E-state index in [9.17, 15) is 23.8 Å². The zero-order valence-electron chi connectivity index (χ0n) is 22.3. The SMILES string of the molecule is CC(O)Cc1c(SCC2(CC(=O)[O-])CC2)cccc1-c1cccc(C#Cc2ccc3cc(F)c(F)cc3n2)c1.[Na+]. The summed E-state index contributed by atoms with van der Waals surface area (Å²) in [6.07, 6.45) is 1.75. The first-order chi connectivity index (χ1) is 18.7. The summed E-state index contributed by atoms with van der Waals surface area (Å²) in [5.74, 6) is 3.94. The Balaban J connectivity index is 0.00000370. The molecule has 5 rings (SSSR count). The number of rotatable bonds is 8. The van der Waals surface area contributed by atoms with Gasteiger partial charge in [-0.1, -0.05) is 30.2 Å². The molecule has 1 unspecified atom stereocenters. The number of carbonyl (C=O) groups excluding carboxylic acids is 1. The number of hydrogen-bond acceptors (Lipinski definition) is 5. The number of carboxylic acid groups (broad SMARTS) is 1. The summed E-state index contributed by atoms with van der Waals surface area (Å²) in [6, 6.07) is 19.3. The Labute approximate surface area is 258 Å². The molecule has 1 fully saturated rings. The molecule has 1 atom stereocenters. The van der Waals surface area contributed by atoms with Crippen molar-refractivity contribution < 1.29 is 53.3 Å². The first kappa shape index (κ1) is 30.2. The fraction of sp³-hybridized carbons (Fsp3) is 0.250. The van der Waals surface area contributed by atoms with E-state index in [0.717, 1.165) is 52.1 Å². The van der Waals surface area contributed by atoms with Crippen molar-refractivity contribution in [2.45, 2.75) is 43.6 Å². The van der Waals surface area contributed by atoms with Crippen molar-refractivity contribution in [2.75, 3.05) is 5.75 Å². The Morgan fingerprint density at radius 2 is 1.82 bits per heavy atom. The van der Waals surface area contributed by atoms with Crippen LogP contribution in [0.1, 0.15) is 43.0 Å². The van der Waals surface area contributed by atoms with E-state index in [1.165, 1.54) is 0 Å². The second-order valence-electron chi connectivity index (χ2n) is 10.2. The second kappa shape index (κ2) is 12.8. The third-order valence-electron chi connectivity index (χ3n) is 6.88. The van der Waals surface area contributed by atoms with Gasteiger partial charge in [-0.3, -0.25) is 0 Å². The van der Waals surface area contributed by atoms with Gasteiger partial charge in [-0.2, -0.15) is 0 Å². The Morgan fingerprint density at radius 1 is 1.07 bits per heavy atom. The standard InChI is InChI=1S/C32H27F2NO3S.Na/c1-20(36)14-26-25(6-3-7-30(26)39-19-32(12-13-32)18-31(37)38)22-5-2-4-21(15-22)8-10-24-11-9-23-16-27(33)28(34)17-29(23)35-24;/h2-7,9,11,15-17,20,36H,12-14,18-19H2,1H3,(H,37,38);/q;+1/p-1. The van der Waals surface area contributed by atoms with E-state index in [4.69, 9.17) is 0 Å². The summed E-state index contributed by atoms with van der Waals surface area (Å²) in [6.45, 7) is 1.75. The minimum Gasteiger partial charge on any atom is -0.550 e. The molecular weight excluding hydrogens is 539 g/mol. The molecule has 4 aromatic rings. The van der Waals surface area contributed by atoms with Crippen molar-refractivity contribution in [3.8, 4) is 23.0 Å². The molecule has 1 aliphatic carbocycles. The van der Waals surface area contributed by atoms with Crippen molar-refractivity contribution in [3.05, 3.63) is 95.2 Å². The van der Waals surface area contributed by atoms with Gasteiger partial charge in [0.15, 0.2) is 11.6 Å². The predicted molar refractivity (Wildman–Crippen MR) is 147 cm³/mol. The van der Waals surface area contributed by atoms with Gasteiger partial charge in [0.25, 0.3) is 0 Å². The summed E-state index contributed by atoms with van der Waals surface area (Å²) < 4.78 is 27.1. The number of aromatic nitrogens is 1. The number of fused-ring (bicyclic) bond motifs is 1. The molecule has 0 amide bonds. The quantitative estimate of drug-likeness (QED) is 0.202. The van der Waals surface area contributed by atoms with Gasteiger partial charge in [0.1, 0.15) is 5.69 Å². The van der Waals surface area contributed by atoms with E-state index in [1.54, 1.807) is 30.8 Å². The van der Waals surface area contributed by atoms with Gasteiger partial charge in [0.2, 0.25) is 0 Å². The number of hydrogen-bond donors (Lipinski definition) is 1. The van der Waals surface area contributed by atoms with Gasteiger partial charge in [-0.05, 0) is 97.0 Å². The number of aliphatic carboxylic acids is 1. The van der Waals surface area contributed by atoms with E-state index in [2.05, 4.69) is 16.8 Å². The Bertz CT molecular complexity index is 1630. The topological polar surface area (TPSA) is 73.2 Å². The average molecular weight is 566 g/mol. The number of nitrogens with zero attached hydrogens (tertiary/aromatic N) is 1. The number of thioether (sulfide) groups is 1. The number of aliphatic hydroxyl groups excluding tert-OH is 1. The maximum atomic E-state index is 13.6. The molecule has 40 heavy (non-hydrogen) atoms. The number of benzene rings is 3. The zero-order chi connectivity index (χ0) is 27.6. The molecule has 1 heterocycles. The Morgan fingerprint density at radius 3 is 2.55 bits per heavy atom. The third-order valence-corrected chi connectivity index (χ3v) is 8.33. The molecule has 0 bridgehead atoms. The minimum atomic E-state index is -1.01. The summed E-state index contributed by atoms with van der Waals surface area (Å²) in [5.41, 5.74) is 4.27. The average Bonchev–Trinajstić information content (AvgIpc) is 3.66. The molecule has 4 nitrogen and oxygen atoms in total. The van der Waals surface area contributed by atoms with E-state index in [-0.39, 0.29) is 41.4 Å². The maximum Gasteiger partial charge on any atom is 1.00 e. The van der Waals surface area contributed by atoms with Crippen LogP contribution in [0.3, 0.4) is 0 Å². The first-order valence-corrected chi connectivity index (χ1v) is 13.7. The molecule has 198 valence electrons. The van der Waals surface area contributed by atoms with Crippen LogP contribution in [0.2, 0.25) is 0 Å². The van der Waals surface area contributed by atoms with Crippen LogP contribution in [0.15, 0.2) is 71.6 Å². The monoisotopic (exact) mass is 565 g/mol. The van der Waals surface area contributed by atoms with Crippen LogP contribution in [0.4, 0.5) is 8.78 Å². The molecule has 1 aromatic heterocycles. The summed E-state index contributed by atoms with van der Waals surface area (Å²) >= 11 is 1.64. The molecule has 0 aliphatic heterocycles. The number of pyridine rings is 1. The van der Waals surface area contributed by atoms with Crippen molar-refractivity contribution in [1.29, 1.82) is 0 Å². The van der Waals surface area contributed by atoms with Crippen molar-refractivity contribution in [2.24, 2.45) is 5.41 Å². The van der Waals surface area contributed by atoms with E-state index < -0.39 is 23.7 Å². The molecule has 3 aromatic carbocycles. The number of halogens is 2. The molecule has 0 radical (unpaired) electrons. The van der Waals surface area contributed by atoms with Gasteiger partial charge < -0.3 is 15.0 Å². The fourth-order valence-electron chi connectivity index (χ4n) is 4.65. The van der Waals surface area contributed by atoms with E-state index in [1.807, 2.05) is 42.5 Å². The van der Waals surface area contributed by atoms with Crippen molar-refractivity contribution >= 4 is 28.6 Å². The zero-order valence-corrected chi connectivity index (χ0v) is 25.2. The molecule has 1 saturated carbocycles. The van der Waals surface area contributed by atoms with Crippen LogP contribution in [0, 0.1) is 28.9 Å². The van der Waals surface area contributed by atoms with Gasteiger partial charge >= 0.3 is 29.6 Å². The van der Waals surface area contributed by atoms with Gasteiger partial charge in [-0.15, -0.1) is 11.8 Å². The number of aliphatic hydroxyl groups is 1. The largest absolute Gasteiger partial charge is 1.00 e. The molecule has 8 heteroatoms. The predicted octanol–water partition coefficient (Wildman–Crippen LogP) is 2.52. The van der Waals surface area contributed by atoms with Gasteiger partial charge in [0, 0.05) is 33.6 Å². The second-order valence-corrected chi connectivity index (χ2v) is 11.2. The van der Waals surface area contributed by atoms with Crippen LogP contribution >= 0.6 is 11.8 Å². The summed E-state index contributed by atoms with van der Waals surface area (Å²) in [4.78, 5) is 16.5. The first-order valence-electron chi connectivity index (χ1n) is 12.7. The van der Waals surface area contributed by atoms with E-state index in [0.29, 0.717) is 28.8 Å². The normalized spacial score (nSPS) is 14.1. The van der Waals surface area contributed by atoms with Crippen LogP contribution < -0.4 is 34.7 Å². The molecular formula is C32H26F2NNaO3S. The van der Waals surface area contributed by atoms with Crippen molar-refractivity contribution in [3.63, 3.8) is 0 Å². The molecule has 0 spiro atoms. The Kier molecular flexibility index (Phi) is 9.71. The molecule has 1 aliphatic rings. The molecule has 0 saturated heterocycles. The van der Waals surface area contributed by atoms with E-state index >= 15 is 0 Å². The van der Waals surface area contributed by atoms with Crippen LogP contribution in [0.5, 0.6) is 0 Å². The number of carbonyl (C=O) groups is 1. The summed E-state index contributed by atoms with van der Waals surface area (Å²) in [5, 5.41) is 21.9. The van der Waals surface area contributed by atoms with Gasteiger partial charge in [0.05, 0.1) is 11.6 Å². The maximum absolute atomic E-state index is 13.6. The smallest absolute Gasteiger partial charge is 0.550 e. The Hall–Kier alpha value is -2.73. The minimum absolute atomic E-state index is 0. The van der Waals surface area contributed by atoms with Gasteiger partial charge in [-0.25, -0.2) is 13.8 Å². The van der Waals surface area contributed by atoms with Crippen molar-refractivity contribution in [1.82, 2.24) is 4.98 Å². The summed E-state index contributed by atoms with van der Waals surface area (Å²) in [7, 11) is 0. The fourth-order valence-corrected chi connectivity index (χ4v) is 6.05. The van der Waals surface area contributed by atoms with Crippen LogP contribution in [0.25, 0.3) is 22.0 Å². The van der Waals surface area contributed by atoms with Crippen LogP contribution in [-0.4, -0.2) is 27.9 Å². The van der Waals surface area contributed by atoms with Crippen LogP contribution in [-0.2, 0) is 11.2 Å². The number of carboxylic acids is 1. The molecule has 1 N–H and O–H groups in total.